The third-order valence-corrected chi connectivity index (χ3v) is 5.13. The van der Waals surface area contributed by atoms with Gasteiger partial charge in [-0.15, -0.1) is 11.3 Å². The van der Waals surface area contributed by atoms with Crippen molar-refractivity contribution in [1.82, 2.24) is 14.5 Å². The van der Waals surface area contributed by atoms with Gasteiger partial charge in [0.25, 0.3) is 11.5 Å². The highest BCUT2D eigenvalue weighted by Crippen LogP contribution is 2.20. The lowest BCUT2D eigenvalue weighted by Crippen LogP contribution is -2.33. The van der Waals surface area contributed by atoms with Crippen molar-refractivity contribution in [3.05, 3.63) is 62.3 Å². The number of rotatable bonds is 5. The molecule has 3 aromatic rings. The summed E-state index contributed by atoms with van der Waals surface area (Å²) in [6.07, 6.45) is 1.44. The molecule has 0 fully saturated rings. The second-order valence-electron chi connectivity index (χ2n) is 5.87. The van der Waals surface area contributed by atoms with Gasteiger partial charge in [-0.2, -0.15) is 0 Å². The van der Waals surface area contributed by atoms with E-state index in [1.807, 2.05) is 18.4 Å². The molecule has 0 atom stereocenters. The fourth-order valence-corrected chi connectivity index (χ4v) is 3.56. The van der Waals surface area contributed by atoms with Gasteiger partial charge in [-0.25, -0.2) is 4.98 Å². The van der Waals surface area contributed by atoms with Crippen LogP contribution in [0.1, 0.15) is 20.8 Å². The maximum absolute atomic E-state index is 12.9. The van der Waals surface area contributed by atoms with Crippen molar-refractivity contribution in [2.24, 2.45) is 7.05 Å². The van der Waals surface area contributed by atoms with Crippen LogP contribution in [0, 0.1) is 6.92 Å². The number of aromatic nitrogens is 2. The monoisotopic (exact) mass is 357 g/mol. The van der Waals surface area contributed by atoms with Crippen molar-refractivity contribution in [2.75, 3.05) is 13.2 Å². The van der Waals surface area contributed by atoms with Gasteiger partial charge in [-0.05, 0) is 42.1 Å². The van der Waals surface area contributed by atoms with Crippen LogP contribution in [0.25, 0.3) is 10.9 Å². The van der Waals surface area contributed by atoms with E-state index in [0.29, 0.717) is 23.0 Å². The average Bonchev–Trinajstić information content (AvgIpc) is 3.02. The van der Waals surface area contributed by atoms with E-state index in [1.54, 1.807) is 41.5 Å². The zero-order chi connectivity index (χ0) is 18.0. The van der Waals surface area contributed by atoms with Crippen molar-refractivity contribution in [3.8, 4) is 0 Å². The largest absolute Gasteiger partial charge is 0.395 e. The number of nitrogens with zero attached hydrogens (tertiary/aromatic N) is 3. The van der Waals surface area contributed by atoms with Gasteiger partial charge in [0.15, 0.2) is 0 Å². The van der Waals surface area contributed by atoms with E-state index in [0.717, 1.165) is 10.4 Å². The van der Waals surface area contributed by atoms with Crippen LogP contribution in [0.5, 0.6) is 0 Å². The molecule has 0 radical (unpaired) electrons. The molecule has 0 spiro atoms. The van der Waals surface area contributed by atoms with Gasteiger partial charge in [0.1, 0.15) is 0 Å². The molecule has 25 heavy (non-hydrogen) atoms. The Balaban J connectivity index is 1.94. The first-order valence-electron chi connectivity index (χ1n) is 7.89. The molecule has 6 nitrogen and oxygen atoms in total. The minimum atomic E-state index is -0.189. The maximum Gasteiger partial charge on any atom is 0.260 e. The minimum absolute atomic E-state index is 0.109. The topological polar surface area (TPSA) is 75.4 Å². The number of carbonyl (C=O) groups is 1. The molecule has 130 valence electrons. The van der Waals surface area contributed by atoms with E-state index >= 15 is 0 Å². The van der Waals surface area contributed by atoms with Crippen LogP contribution in [0.4, 0.5) is 0 Å². The fourth-order valence-electron chi connectivity index (χ4n) is 2.64. The van der Waals surface area contributed by atoms with Crippen molar-refractivity contribution in [1.29, 1.82) is 0 Å². The molecule has 0 saturated carbocycles. The van der Waals surface area contributed by atoms with Gasteiger partial charge in [0, 0.05) is 24.0 Å². The van der Waals surface area contributed by atoms with E-state index in [-0.39, 0.29) is 24.6 Å². The maximum atomic E-state index is 12.9. The summed E-state index contributed by atoms with van der Waals surface area (Å²) < 4.78 is 1.40. The van der Waals surface area contributed by atoms with Crippen molar-refractivity contribution < 1.29 is 9.90 Å². The number of carbonyl (C=O) groups excluding carboxylic acids is 1. The molecule has 0 aliphatic carbocycles. The Kier molecular flexibility index (Phi) is 4.96. The summed E-state index contributed by atoms with van der Waals surface area (Å²) in [5.41, 5.74) is 1.93. The molecule has 1 amide bonds. The van der Waals surface area contributed by atoms with Crippen LogP contribution in [0.2, 0.25) is 0 Å². The van der Waals surface area contributed by atoms with Crippen molar-refractivity contribution >= 4 is 28.1 Å². The Labute approximate surface area is 149 Å². The lowest BCUT2D eigenvalue weighted by Gasteiger charge is -2.22. The van der Waals surface area contributed by atoms with Gasteiger partial charge in [0.2, 0.25) is 0 Å². The van der Waals surface area contributed by atoms with Crippen LogP contribution in [-0.4, -0.2) is 38.6 Å². The molecule has 0 aliphatic heterocycles. The first kappa shape index (κ1) is 17.3. The lowest BCUT2D eigenvalue weighted by atomic mass is 10.1. The Hall–Kier alpha value is -2.51. The van der Waals surface area contributed by atoms with E-state index < -0.39 is 0 Å². The summed E-state index contributed by atoms with van der Waals surface area (Å²) in [6.45, 7) is 2.59. The predicted molar refractivity (Wildman–Crippen MR) is 97.9 cm³/mol. The molecular weight excluding hydrogens is 338 g/mol. The number of aliphatic hydroxyl groups is 1. The molecular formula is C18H19N3O3S. The Morgan fingerprint density at radius 3 is 2.84 bits per heavy atom. The van der Waals surface area contributed by atoms with Crippen LogP contribution in [0.15, 0.2) is 40.8 Å². The van der Waals surface area contributed by atoms with E-state index in [1.165, 1.54) is 10.9 Å². The number of aryl methyl sites for hydroxylation is 2. The van der Waals surface area contributed by atoms with Crippen LogP contribution in [0.3, 0.4) is 0 Å². The summed E-state index contributed by atoms with van der Waals surface area (Å²) >= 11 is 1.59. The number of hydrogen-bond acceptors (Lipinski definition) is 5. The predicted octanol–water partition coefficient (Wildman–Crippen LogP) is 1.94. The number of hydrogen-bond donors (Lipinski definition) is 1. The number of amides is 1. The summed E-state index contributed by atoms with van der Waals surface area (Å²) in [5.74, 6) is -0.189. The molecule has 3 rings (SSSR count). The van der Waals surface area contributed by atoms with Gasteiger partial charge in [-0.1, -0.05) is 0 Å². The van der Waals surface area contributed by atoms with Gasteiger partial charge in [0.05, 0.1) is 30.4 Å². The highest BCUT2D eigenvalue weighted by molar-refractivity contribution is 7.10. The van der Waals surface area contributed by atoms with Crippen LogP contribution >= 0.6 is 11.3 Å². The molecule has 1 aromatic carbocycles. The third kappa shape index (κ3) is 3.47. The Bertz CT molecular complexity index is 977. The standard InChI is InChI=1S/C18H19N3O3S/c1-12-5-8-25-16(12)10-21(6-7-22)17(23)13-3-4-14-15(9-13)19-11-20(2)18(14)24/h3-5,8-9,11,22H,6-7,10H2,1-2H3. The van der Waals surface area contributed by atoms with Gasteiger partial charge in [-0.3, -0.25) is 9.59 Å². The number of fused-ring (bicyclic) bond motifs is 1. The van der Waals surface area contributed by atoms with E-state index in [2.05, 4.69) is 4.98 Å². The second kappa shape index (κ2) is 7.16. The summed E-state index contributed by atoms with van der Waals surface area (Å²) in [7, 11) is 1.64. The molecule has 2 heterocycles. The smallest absolute Gasteiger partial charge is 0.260 e. The summed E-state index contributed by atoms with van der Waals surface area (Å²) in [4.78, 5) is 31.9. The van der Waals surface area contributed by atoms with E-state index in [4.69, 9.17) is 0 Å². The molecule has 7 heteroatoms. The summed E-state index contributed by atoms with van der Waals surface area (Å²) in [6, 6.07) is 6.91. The van der Waals surface area contributed by atoms with Gasteiger partial charge >= 0.3 is 0 Å². The highest BCUT2D eigenvalue weighted by atomic mass is 32.1. The zero-order valence-electron chi connectivity index (χ0n) is 14.1. The molecule has 0 bridgehead atoms. The lowest BCUT2D eigenvalue weighted by molar-refractivity contribution is 0.0709. The first-order chi connectivity index (χ1) is 12.0. The molecule has 2 aromatic heterocycles. The second-order valence-corrected chi connectivity index (χ2v) is 6.87. The van der Waals surface area contributed by atoms with Crippen molar-refractivity contribution in [3.63, 3.8) is 0 Å². The SMILES string of the molecule is Cc1ccsc1CN(CCO)C(=O)c1ccc2c(=O)n(C)cnc2c1. The average molecular weight is 357 g/mol. The Morgan fingerprint density at radius 1 is 1.36 bits per heavy atom. The first-order valence-corrected chi connectivity index (χ1v) is 8.77. The normalized spacial score (nSPS) is 11.0. The number of benzene rings is 1. The van der Waals surface area contributed by atoms with Gasteiger partial charge < -0.3 is 14.6 Å². The molecule has 0 aliphatic rings. The number of thiophene rings is 1. The third-order valence-electron chi connectivity index (χ3n) is 4.13. The van der Waals surface area contributed by atoms with Crippen LogP contribution in [-0.2, 0) is 13.6 Å². The minimum Gasteiger partial charge on any atom is -0.395 e. The van der Waals surface area contributed by atoms with E-state index in [9.17, 15) is 14.7 Å². The Morgan fingerprint density at radius 2 is 2.16 bits per heavy atom. The number of aliphatic hydroxyl groups excluding tert-OH is 1. The molecule has 1 N–H and O–H groups in total. The van der Waals surface area contributed by atoms with Crippen LogP contribution < -0.4 is 5.56 Å². The van der Waals surface area contributed by atoms with Crippen molar-refractivity contribution in [2.45, 2.75) is 13.5 Å². The highest BCUT2D eigenvalue weighted by Gasteiger charge is 2.18. The quantitative estimate of drug-likeness (QED) is 0.757. The molecule has 0 unspecified atom stereocenters. The summed E-state index contributed by atoms with van der Waals surface area (Å²) in [5, 5.41) is 11.8. The zero-order valence-corrected chi connectivity index (χ0v) is 14.9. The fraction of sp³-hybridized carbons (Fsp3) is 0.278. The molecule has 0 saturated heterocycles.